The molecule has 4 aromatic rings. The second kappa shape index (κ2) is 16.4. The lowest BCUT2D eigenvalue weighted by Gasteiger charge is -2.41. The van der Waals surface area contributed by atoms with Gasteiger partial charge in [-0.3, -0.25) is 39.1 Å². The van der Waals surface area contributed by atoms with Gasteiger partial charge in [-0.15, -0.1) is 0 Å². The van der Waals surface area contributed by atoms with E-state index >= 15 is 4.39 Å². The van der Waals surface area contributed by atoms with Gasteiger partial charge >= 0.3 is 6.18 Å². The van der Waals surface area contributed by atoms with Crippen LogP contribution in [0.5, 0.6) is 5.75 Å². The summed E-state index contributed by atoms with van der Waals surface area (Å²) in [7, 11) is 2.80. The Morgan fingerprint density at radius 3 is 2.42 bits per heavy atom. The SMILES string of the molecule is CNC(=O)c1ccccc1Nc1cc(Nc2cc(F)c(CCN3CCN(c4ccc5c(c4)C(=O)N(C4CCC(=O)NC4=O)C5=O)C[C@H]3C)cc2OC)ncc1C(F)(F)F. The Morgan fingerprint density at radius 1 is 0.949 bits per heavy atom. The van der Waals surface area contributed by atoms with E-state index in [2.05, 4.69) is 36.1 Å². The minimum atomic E-state index is -4.78. The number of rotatable bonds is 11. The molecule has 0 radical (unpaired) electrons. The van der Waals surface area contributed by atoms with Gasteiger partial charge in [0.2, 0.25) is 11.8 Å². The third-order valence-electron chi connectivity index (χ3n) is 10.7. The Balaban J connectivity index is 1.01. The molecule has 3 aliphatic heterocycles. The molecule has 14 nitrogen and oxygen atoms in total. The number of carbonyl (C=O) groups excluding carboxylic acids is 5. The molecule has 1 unspecified atom stereocenters. The monoisotopic (exact) mass is 816 g/mol. The number of aromatic nitrogens is 1. The molecule has 4 heterocycles. The lowest BCUT2D eigenvalue weighted by molar-refractivity contribution is -0.137. The summed E-state index contributed by atoms with van der Waals surface area (Å²) in [5.41, 5.74) is 0.435. The number of nitrogens with one attached hydrogen (secondary N) is 4. The molecule has 0 aliphatic carbocycles. The van der Waals surface area contributed by atoms with Crippen LogP contribution in [0.2, 0.25) is 0 Å². The van der Waals surface area contributed by atoms with Crippen LogP contribution in [0.25, 0.3) is 0 Å². The zero-order valence-corrected chi connectivity index (χ0v) is 32.2. The van der Waals surface area contributed by atoms with Crippen molar-refractivity contribution in [2.45, 2.75) is 44.4 Å². The van der Waals surface area contributed by atoms with Gasteiger partial charge in [-0.2, -0.15) is 13.2 Å². The number of hydrogen-bond donors (Lipinski definition) is 4. The lowest BCUT2D eigenvalue weighted by atomic mass is 10.0. The molecule has 2 atom stereocenters. The third kappa shape index (κ3) is 8.25. The highest BCUT2D eigenvalue weighted by Gasteiger charge is 2.45. The molecule has 308 valence electrons. The molecule has 2 fully saturated rings. The van der Waals surface area contributed by atoms with Crippen molar-refractivity contribution >= 4 is 58.1 Å². The van der Waals surface area contributed by atoms with Gasteiger partial charge < -0.3 is 25.6 Å². The molecule has 4 N–H and O–H groups in total. The fourth-order valence-corrected chi connectivity index (χ4v) is 7.60. The molecule has 3 aliphatic rings. The first-order valence-electron chi connectivity index (χ1n) is 18.8. The normalized spacial score (nSPS) is 18.4. The molecule has 59 heavy (non-hydrogen) atoms. The summed E-state index contributed by atoms with van der Waals surface area (Å²) in [6, 6.07) is 13.9. The second-order valence-corrected chi connectivity index (χ2v) is 14.4. The van der Waals surface area contributed by atoms with Crippen molar-refractivity contribution in [3.63, 3.8) is 0 Å². The van der Waals surface area contributed by atoms with E-state index in [1.807, 2.05) is 6.92 Å². The third-order valence-corrected chi connectivity index (χ3v) is 10.7. The lowest BCUT2D eigenvalue weighted by Crippen LogP contribution is -2.54. The van der Waals surface area contributed by atoms with Gasteiger partial charge in [-0.1, -0.05) is 12.1 Å². The van der Waals surface area contributed by atoms with E-state index in [1.54, 1.807) is 30.3 Å². The largest absolute Gasteiger partial charge is 0.495 e. The second-order valence-electron chi connectivity index (χ2n) is 14.4. The smallest absolute Gasteiger partial charge is 0.419 e. The number of pyridine rings is 1. The van der Waals surface area contributed by atoms with Gasteiger partial charge in [0, 0.05) is 69.7 Å². The van der Waals surface area contributed by atoms with Crippen molar-refractivity contribution in [1.82, 2.24) is 25.4 Å². The van der Waals surface area contributed by atoms with Crippen LogP contribution in [0.1, 0.15) is 62.0 Å². The summed E-state index contributed by atoms with van der Waals surface area (Å²) in [4.78, 5) is 72.1. The van der Waals surface area contributed by atoms with E-state index in [0.29, 0.717) is 44.4 Å². The zero-order chi connectivity index (χ0) is 42.2. The number of piperazine rings is 1. The van der Waals surface area contributed by atoms with E-state index in [9.17, 15) is 37.1 Å². The number of anilines is 5. The number of methoxy groups -OCH3 is 1. The van der Waals surface area contributed by atoms with Crippen molar-refractivity contribution in [1.29, 1.82) is 0 Å². The number of nitrogens with zero attached hydrogens (tertiary/aromatic N) is 4. The minimum Gasteiger partial charge on any atom is -0.495 e. The Kier molecular flexibility index (Phi) is 11.3. The number of fused-ring (bicyclic) bond motifs is 1. The van der Waals surface area contributed by atoms with Gasteiger partial charge in [0.05, 0.1) is 46.4 Å². The van der Waals surface area contributed by atoms with Crippen molar-refractivity contribution in [3.05, 3.63) is 100 Å². The Hall–Kier alpha value is -6.56. The number of piperidine rings is 1. The zero-order valence-electron chi connectivity index (χ0n) is 32.2. The maximum Gasteiger partial charge on any atom is 0.419 e. The van der Waals surface area contributed by atoms with Crippen molar-refractivity contribution in [3.8, 4) is 5.75 Å². The first-order chi connectivity index (χ1) is 28.2. The number of imide groups is 2. The van der Waals surface area contributed by atoms with Crippen molar-refractivity contribution in [2.75, 3.05) is 55.9 Å². The van der Waals surface area contributed by atoms with Crippen LogP contribution >= 0.6 is 0 Å². The maximum atomic E-state index is 15.7. The van der Waals surface area contributed by atoms with Crippen LogP contribution in [0, 0.1) is 5.82 Å². The molecule has 0 saturated carbocycles. The number of hydrogen-bond acceptors (Lipinski definition) is 11. The molecule has 2 saturated heterocycles. The number of halogens is 4. The summed E-state index contributed by atoms with van der Waals surface area (Å²) in [6.07, 6.45) is -3.72. The van der Waals surface area contributed by atoms with E-state index in [-0.39, 0.29) is 64.2 Å². The molecular weight excluding hydrogens is 776 g/mol. The van der Waals surface area contributed by atoms with Crippen molar-refractivity contribution in [2.24, 2.45) is 0 Å². The Morgan fingerprint density at radius 2 is 1.71 bits per heavy atom. The van der Waals surface area contributed by atoms with Gasteiger partial charge in [0.15, 0.2) is 0 Å². The maximum absolute atomic E-state index is 15.7. The fraction of sp³-hybridized carbons (Fsp3) is 0.317. The number of carbonyl (C=O) groups is 5. The number of amides is 5. The highest BCUT2D eigenvalue weighted by atomic mass is 19.4. The minimum absolute atomic E-state index is 0.0112. The van der Waals surface area contributed by atoms with Crippen LogP contribution < -0.4 is 30.9 Å². The molecular formula is C41H40F4N8O6. The molecule has 0 spiro atoms. The van der Waals surface area contributed by atoms with Crippen LogP contribution in [0.15, 0.2) is 66.9 Å². The van der Waals surface area contributed by atoms with Gasteiger partial charge in [0.1, 0.15) is 23.4 Å². The van der Waals surface area contributed by atoms with Crippen LogP contribution in [-0.4, -0.2) is 96.7 Å². The summed E-state index contributed by atoms with van der Waals surface area (Å²) >= 11 is 0. The van der Waals surface area contributed by atoms with Gasteiger partial charge in [-0.25, -0.2) is 9.37 Å². The van der Waals surface area contributed by atoms with Crippen LogP contribution in [0.4, 0.5) is 46.1 Å². The van der Waals surface area contributed by atoms with E-state index < -0.39 is 53.1 Å². The summed E-state index contributed by atoms with van der Waals surface area (Å²) in [6.45, 7) is 4.27. The average molecular weight is 817 g/mol. The highest BCUT2D eigenvalue weighted by molar-refractivity contribution is 6.23. The predicted octanol–water partition coefficient (Wildman–Crippen LogP) is 5.25. The predicted molar refractivity (Wildman–Crippen MR) is 209 cm³/mol. The van der Waals surface area contributed by atoms with E-state index in [0.717, 1.165) is 16.7 Å². The quantitative estimate of drug-likeness (QED) is 0.116. The molecule has 3 aromatic carbocycles. The average Bonchev–Trinajstić information content (AvgIpc) is 3.45. The topological polar surface area (TPSA) is 165 Å². The molecule has 5 amide bonds. The van der Waals surface area contributed by atoms with E-state index in [1.165, 1.54) is 38.4 Å². The van der Waals surface area contributed by atoms with Crippen LogP contribution in [0.3, 0.4) is 0 Å². The standard InChI is InChI=1S/C41H40F4N8O6/c1-22-21-52(24-8-9-25-27(17-24)40(58)53(39(25)57)33-10-11-36(54)50-38(33)56)15-14-51(22)13-12-23-16-34(59-3)32(18-29(23)42)49-35-19-31(28(20-47-35)41(43,44)45)48-30-7-5-4-6-26(30)37(55)46-2/h4-9,16-20,22,33H,10-15,21H2,1-3H3,(H,46,55)(H2,47,48,49)(H,50,54,56)/t22-,33?/m1/s1. The summed E-state index contributed by atoms with van der Waals surface area (Å²) in [5.74, 6) is -3.13. The fourth-order valence-electron chi connectivity index (χ4n) is 7.60. The Bertz CT molecular complexity index is 2360. The van der Waals surface area contributed by atoms with Gasteiger partial charge in [-0.05, 0) is 61.7 Å². The highest BCUT2D eigenvalue weighted by Crippen LogP contribution is 2.39. The first kappa shape index (κ1) is 40.6. The van der Waals surface area contributed by atoms with E-state index in [4.69, 9.17) is 4.74 Å². The number of benzene rings is 3. The van der Waals surface area contributed by atoms with Crippen molar-refractivity contribution < 1.29 is 46.3 Å². The van der Waals surface area contributed by atoms with Crippen LogP contribution in [-0.2, 0) is 22.2 Å². The summed E-state index contributed by atoms with van der Waals surface area (Å²) < 4.78 is 63.3. The number of alkyl halides is 3. The molecule has 1 aromatic heterocycles. The van der Waals surface area contributed by atoms with Gasteiger partial charge in [0.25, 0.3) is 17.7 Å². The summed E-state index contributed by atoms with van der Waals surface area (Å²) in [5, 5.41) is 10.2. The number of ether oxygens (including phenoxy) is 1. The molecule has 18 heteroatoms. The number of para-hydroxylation sites is 1. The Labute approximate surface area is 335 Å². The molecule has 0 bridgehead atoms. The first-order valence-corrected chi connectivity index (χ1v) is 18.8. The molecule has 7 rings (SSSR count).